The molecule has 1 N–H and O–H groups in total. The number of nitrogens with one attached hydrogen (secondary N) is 1. The zero-order valence-electron chi connectivity index (χ0n) is 17.0. The lowest BCUT2D eigenvalue weighted by Gasteiger charge is -2.11. The molecule has 154 valence electrons. The van der Waals surface area contributed by atoms with Crippen LogP contribution in [0.5, 0.6) is 11.5 Å². The molecule has 0 aliphatic rings. The van der Waals surface area contributed by atoms with E-state index in [9.17, 15) is 4.79 Å². The summed E-state index contributed by atoms with van der Waals surface area (Å²) in [4.78, 5) is 16.5. The highest BCUT2D eigenvalue weighted by Crippen LogP contribution is 2.28. The van der Waals surface area contributed by atoms with E-state index < -0.39 is 0 Å². The number of nitrogens with zero attached hydrogens (tertiary/aromatic N) is 5. The predicted molar refractivity (Wildman–Crippen MR) is 111 cm³/mol. The SMILES string of the molecule is CNC(=O)Cc1nc(-c2ccn3nccc3c2)n(Cc2ccc(OC)c(OC)c2)n1. The second-order valence-electron chi connectivity index (χ2n) is 6.66. The van der Waals surface area contributed by atoms with Gasteiger partial charge in [0.1, 0.15) is 0 Å². The average molecular weight is 406 g/mol. The number of rotatable bonds is 7. The molecule has 4 aromatic rings. The van der Waals surface area contributed by atoms with Gasteiger partial charge in [-0.15, -0.1) is 0 Å². The Morgan fingerprint density at radius 1 is 1.10 bits per heavy atom. The third-order valence-electron chi connectivity index (χ3n) is 4.75. The lowest BCUT2D eigenvalue weighted by atomic mass is 10.2. The average Bonchev–Trinajstić information content (AvgIpc) is 3.39. The number of carbonyl (C=O) groups excluding carboxylic acids is 1. The van der Waals surface area contributed by atoms with Crippen molar-refractivity contribution in [2.45, 2.75) is 13.0 Å². The van der Waals surface area contributed by atoms with Crippen molar-refractivity contribution >= 4 is 11.4 Å². The van der Waals surface area contributed by atoms with Gasteiger partial charge >= 0.3 is 0 Å². The van der Waals surface area contributed by atoms with E-state index >= 15 is 0 Å². The first-order valence-corrected chi connectivity index (χ1v) is 9.40. The van der Waals surface area contributed by atoms with E-state index in [1.807, 2.05) is 42.6 Å². The van der Waals surface area contributed by atoms with Gasteiger partial charge in [0.05, 0.1) is 32.7 Å². The van der Waals surface area contributed by atoms with E-state index in [2.05, 4.69) is 20.5 Å². The largest absolute Gasteiger partial charge is 0.493 e. The maximum absolute atomic E-state index is 11.8. The van der Waals surface area contributed by atoms with Gasteiger partial charge in [-0.25, -0.2) is 14.2 Å². The van der Waals surface area contributed by atoms with Crippen molar-refractivity contribution in [2.75, 3.05) is 21.3 Å². The molecule has 9 nitrogen and oxygen atoms in total. The minimum Gasteiger partial charge on any atom is -0.493 e. The van der Waals surface area contributed by atoms with Gasteiger partial charge in [0.2, 0.25) is 5.91 Å². The zero-order valence-corrected chi connectivity index (χ0v) is 17.0. The third kappa shape index (κ3) is 3.82. The molecule has 3 aromatic heterocycles. The summed E-state index contributed by atoms with van der Waals surface area (Å²) in [7, 11) is 4.80. The van der Waals surface area contributed by atoms with E-state index in [0.29, 0.717) is 29.7 Å². The van der Waals surface area contributed by atoms with Gasteiger partial charge < -0.3 is 14.8 Å². The molecule has 0 saturated carbocycles. The number of pyridine rings is 1. The number of methoxy groups -OCH3 is 2. The minimum atomic E-state index is -0.143. The van der Waals surface area contributed by atoms with Gasteiger partial charge in [-0.05, 0) is 35.9 Å². The van der Waals surface area contributed by atoms with Crippen LogP contribution in [0.2, 0.25) is 0 Å². The first kappa shape index (κ1) is 19.4. The van der Waals surface area contributed by atoms with Crippen LogP contribution in [-0.2, 0) is 17.8 Å². The van der Waals surface area contributed by atoms with Crippen LogP contribution in [0.1, 0.15) is 11.4 Å². The Hall–Kier alpha value is -3.88. The summed E-state index contributed by atoms with van der Waals surface area (Å²) >= 11 is 0. The number of hydrogen-bond acceptors (Lipinski definition) is 6. The van der Waals surface area contributed by atoms with Crippen molar-refractivity contribution in [3.63, 3.8) is 0 Å². The van der Waals surface area contributed by atoms with E-state index in [0.717, 1.165) is 16.6 Å². The van der Waals surface area contributed by atoms with Crippen LogP contribution in [0, 0.1) is 0 Å². The summed E-state index contributed by atoms with van der Waals surface area (Å²) in [5, 5.41) is 11.4. The van der Waals surface area contributed by atoms with Crippen LogP contribution in [0.25, 0.3) is 16.9 Å². The molecule has 0 radical (unpaired) electrons. The molecule has 1 amide bonds. The van der Waals surface area contributed by atoms with Gasteiger partial charge in [-0.2, -0.15) is 10.2 Å². The molecule has 0 aliphatic heterocycles. The van der Waals surface area contributed by atoms with Crippen LogP contribution in [0.15, 0.2) is 48.8 Å². The van der Waals surface area contributed by atoms with E-state index in [4.69, 9.17) is 9.47 Å². The fraction of sp³-hybridized carbons (Fsp3) is 0.238. The third-order valence-corrected chi connectivity index (χ3v) is 4.75. The molecule has 0 spiro atoms. The first-order valence-electron chi connectivity index (χ1n) is 9.40. The van der Waals surface area contributed by atoms with Gasteiger partial charge in [-0.1, -0.05) is 6.07 Å². The number of hydrogen-bond donors (Lipinski definition) is 1. The molecule has 1 aromatic carbocycles. The normalized spacial score (nSPS) is 10.9. The fourth-order valence-corrected chi connectivity index (χ4v) is 3.23. The summed E-state index contributed by atoms with van der Waals surface area (Å²) < 4.78 is 14.3. The minimum absolute atomic E-state index is 0.108. The number of fused-ring (bicyclic) bond motifs is 1. The van der Waals surface area contributed by atoms with E-state index in [1.165, 1.54) is 0 Å². The maximum atomic E-state index is 11.8. The number of carbonyl (C=O) groups is 1. The fourth-order valence-electron chi connectivity index (χ4n) is 3.23. The van der Waals surface area contributed by atoms with Gasteiger partial charge in [0, 0.05) is 25.0 Å². The van der Waals surface area contributed by atoms with Crippen LogP contribution in [0.4, 0.5) is 0 Å². The van der Waals surface area contributed by atoms with Gasteiger partial charge in [-0.3, -0.25) is 4.79 Å². The van der Waals surface area contributed by atoms with Crippen LogP contribution >= 0.6 is 0 Å². The second-order valence-corrected chi connectivity index (χ2v) is 6.66. The number of likely N-dealkylation sites (N-methyl/N-ethyl adjacent to an activating group) is 1. The number of amides is 1. The number of benzene rings is 1. The summed E-state index contributed by atoms with van der Waals surface area (Å²) in [6.45, 7) is 0.459. The highest BCUT2D eigenvalue weighted by Gasteiger charge is 2.16. The maximum Gasteiger partial charge on any atom is 0.227 e. The van der Waals surface area contributed by atoms with Gasteiger partial charge in [0.15, 0.2) is 23.1 Å². The molecule has 0 atom stereocenters. The topological polar surface area (TPSA) is 95.6 Å². The monoisotopic (exact) mass is 406 g/mol. The van der Waals surface area contributed by atoms with Crippen molar-refractivity contribution in [1.82, 2.24) is 29.7 Å². The molecule has 9 heteroatoms. The van der Waals surface area contributed by atoms with Crippen LogP contribution in [0.3, 0.4) is 0 Å². The zero-order chi connectivity index (χ0) is 21.1. The standard InChI is InChI=1S/C21H22N6O3/c1-22-20(28)12-19-24-21(15-7-9-26-16(11-15)6-8-23-26)27(25-19)13-14-4-5-17(29-2)18(10-14)30-3/h4-11H,12-13H2,1-3H3,(H,22,28). The molecule has 0 unspecified atom stereocenters. The molecule has 30 heavy (non-hydrogen) atoms. The summed E-state index contributed by atoms with van der Waals surface area (Å²) in [6.07, 6.45) is 3.72. The van der Waals surface area contributed by atoms with Gasteiger partial charge in [0.25, 0.3) is 0 Å². The highest BCUT2D eigenvalue weighted by atomic mass is 16.5. The molecular weight excluding hydrogens is 384 g/mol. The molecule has 0 aliphatic carbocycles. The Labute approximate surface area is 173 Å². The van der Waals surface area contributed by atoms with Crippen molar-refractivity contribution in [2.24, 2.45) is 0 Å². The van der Waals surface area contributed by atoms with Crippen molar-refractivity contribution in [3.8, 4) is 22.9 Å². The number of ether oxygens (including phenoxy) is 2. The van der Waals surface area contributed by atoms with Crippen molar-refractivity contribution in [1.29, 1.82) is 0 Å². The van der Waals surface area contributed by atoms with E-state index in [1.54, 1.807) is 36.7 Å². The second kappa shape index (κ2) is 8.24. The molecule has 3 heterocycles. The Kier molecular flexibility index (Phi) is 5.34. The summed E-state index contributed by atoms with van der Waals surface area (Å²) in [5.74, 6) is 2.29. The smallest absolute Gasteiger partial charge is 0.227 e. The molecule has 4 rings (SSSR count). The highest BCUT2D eigenvalue weighted by molar-refractivity contribution is 5.77. The Morgan fingerprint density at radius 3 is 2.70 bits per heavy atom. The Balaban J connectivity index is 1.74. The Morgan fingerprint density at radius 2 is 1.93 bits per heavy atom. The van der Waals surface area contributed by atoms with Crippen molar-refractivity contribution < 1.29 is 14.3 Å². The molecule has 0 saturated heterocycles. The lowest BCUT2D eigenvalue weighted by Crippen LogP contribution is -2.20. The van der Waals surface area contributed by atoms with Crippen LogP contribution in [-0.4, -0.2) is 51.6 Å². The van der Waals surface area contributed by atoms with Crippen molar-refractivity contribution in [3.05, 3.63) is 60.2 Å². The molecule has 0 bridgehead atoms. The Bertz CT molecular complexity index is 1200. The van der Waals surface area contributed by atoms with Crippen LogP contribution < -0.4 is 14.8 Å². The first-order chi connectivity index (χ1) is 14.6. The molecular formula is C21H22N6O3. The molecule has 0 fully saturated rings. The number of aromatic nitrogens is 5. The quantitative estimate of drug-likeness (QED) is 0.504. The predicted octanol–water partition coefficient (Wildman–Crippen LogP) is 1.95. The summed E-state index contributed by atoms with van der Waals surface area (Å²) in [5.41, 5.74) is 2.80. The summed E-state index contributed by atoms with van der Waals surface area (Å²) in [6, 6.07) is 11.6. The van der Waals surface area contributed by atoms with E-state index in [-0.39, 0.29) is 12.3 Å². The lowest BCUT2D eigenvalue weighted by molar-refractivity contribution is -0.120.